The summed E-state index contributed by atoms with van der Waals surface area (Å²) >= 11 is 5.94. The number of pyridine rings is 1. The highest BCUT2D eigenvalue weighted by atomic mass is 32.1. The number of carbonyl (C=O) groups is 1. The van der Waals surface area contributed by atoms with Crippen molar-refractivity contribution in [1.29, 1.82) is 0 Å². The first-order chi connectivity index (χ1) is 19.4. The van der Waals surface area contributed by atoms with Crippen LogP contribution in [0.5, 0.6) is 5.75 Å². The smallest absolute Gasteiger partial charge is 0.250 e. The summed E-state index contributed by atoms with van der Waals surface area (Å²) < 4.78 is 12.9. The van der Waals surface area contributed by atoms with E-state index in [0.717, 1.165) is 34.9 Å². The highest BCUT2D eigenvalue weighted by Gasteiger charge is 2.42. The van der Waals surface area contributed by atoms with Crippen molar-refractivity contribution < 1.29 is 14.3 Å². The van der Waals surface area contributed by atoms with Gasteiger partial charge in [-0.2, -0.15) is 0 Å². The van der Waals surface area contributed by atoms with Crippen LogP contribution >= 0.6 is 12.2 Å². The molecular weight excluding hydrogens is 522 g/mol. The number of nitrogens with zero attached hydrogens (tertiary/aromatic N) is 3. The molecule has 2 atom stereocenters. The Hall–Kier alpha value is -4.21. The van der Waals surface area contributed by atoms with E-state index >= 15 is 0 Å². The van der Waals surface area contributed by atoms with Crippen molar-refractivity contribution in [1.82, 2.24) is 14.9 Å². The van der Waals surface area contributed by atoms with E-state index < -0.39 is 0 Å². The molecule has 40 heavy (non-hydrogen) atoms. The lowest BCUT2D eigenvalue weighted by Crippen LogP contribution is -2.29. The number of rotatable bonds is 9. The van der Waals surface area contributed by atoms with E-state index in [2.05, 4.69) is 69.3 Å². The van der Waals surface area contributed by atoms with E-state index in [4.69, 9.17) is 21.7 Å². The summed E-state index contributed by atoms with van der Waals surface area (Å²) in [5.41, 5.74) is 6.97. The van der Waals surface area contributed by atoms with Gasteiger partial charge in [0.05, 0.1) is 30.6 Å². The number of aromatic nitrogens is 2. The fourth-order valence-corrected chi connectivity index (χ4v) is 5.69. The van der Waals surface area contributed by atoms with Crippen molar-refractivity contribution in [3.63, 3.8) is 0 Å². The molecule has 5 rings (SSSR count). The molecule has 2 N–H and O–H groups in total. The molecule has 206 valence electrons. The largest absolute Gasteiger partial charge is 0.495 e. The summed E-state index contributed by atoms with van der Waals surface area (Å²) in [6, 6.07) is 23.9. The van der Waals surface area contributed by atoms with E-state index in [0.29, 0.717) is 16.5 Å². The van der Waals surface area contributed by atoms with Gasteiger partial charge in [-0.25, -0.2) is 0 Å². The van der Waals surface area contributed by atoms with Crippen LogP contribution in [0.3, 0.4) is 0 Å². The van der Waals surface area contributed by atoms with Crippen LogP contribution < -0.4 is 20.3 Å². The van der Waals surface area contributed by atoms with Crippen LogP contribution in [-0.2, 0) is 16.1 Å². The summed E-state index contributed by atoms with van der Waals surface area (Å²) in [5, 5.41) is 7.00. The highest BCUT2D eigenvalue weighted by molar-refractivity contribution is 7.80. The fraction of sp³-hybridized carbons (Fsp3) is 0.258. The molecule has 1 aliphatic heterocycles. The van der Waals surface area contributed by atoms with E-state index in [-0.39, 0.29) is 24.6 Å². The molecule has 1 aliphatic rings. The molecule has 0 bridgehead atoms. The van der Waals surface area contributed by atoms with Crippen LogP contribution in [-0.4, -0.2) is 41.4 Å². The Bertz CT molecular complexity index is 1510. The Morgan fingerprint density at radius 1 is 1.05 bits per heavy atom. The number of ether oxygens (including phenoxy) is 2. The maximum atomic E-state index is 12.4. The number of carbonyl (C=O) groups excluding carboxylic acids is 1. The fourth-order valence-electron chi connectivity index (χ4n) is 5.35. The monoisotopic (exact) mass is 555 g/mol. The average molecular weight is 556 g/mol. The first-order valence-electron chi connectivity index (χ1n) is 13.1. The van der Waals surface area contributed by atoms with Crippen molar-refractivity contribution in [2.45, 2.75) is 32.5 Å². The van der Waals surface area contributed by atoms with E-state index in [1.807, 2.05) is 42.5 Å². The van der Waals surface area contributed by atoms with Crippen molar-refractivity contribution in [3.05, 3.63) is 107 Å². The Balaban J connectivity index is 1.60. The third-order valence-electron chi connectivity index (χ3n) is 7.22. The number of amides is 1. The zero-order valence-electron chi connectivity index (χ0n) is 23.0. The minimum atomic E-state index is -0.271. The third kappa shape index (κ3) is 5.43. The number of hydrogen-bond donors (Lipinski definition) is 2. The summed E-state index contributed by atoms with van der Waals surface area (Å²) in [7, 11) is 3.06. The van der Waals surface area contributed by atoms with Gasteiger partial charge in [-0.15, -0.1) is 0 Å². The van der Waals surface area contributed by atoms with Crippen LogP contribution in [0, 0.1) is 13.8 Å². The van der Waals surface area contributed by atoms with Gasteiger partial charge in [0.1, 0.15) is 12.4 Å². The van der Waals surface area contributed by atoms with Crippen molar-refractivity contribution in [2.75, 3.05) is 31.0 Å². The lowest BCUT2D eigenvalue weighted by molar-refractivity contribution is -0.119. The molecule has 1 amide bonds. The van der Waals surface area contributed by atoms with Crippen LogP contribution in [0.4, 0.5) is 11.4 Å². The lowest BCUT2D eigenvalue weighted by atomic mass is 9.96. The molecule has 9 heteroatoms. The van der Waals surface area contributed by atoms with Gasteiger partial charge in [0, 0.05) is 36.9 Å². The minimum absolute atomic E-state index is 0.0607. The molecule has 2 aromatic carbocycles. The SMILES string of the molecule is COCC(=O)Nc1cc(N2C(=S)N[C@H](c3ccccn3)[C@@H]2c2cc(C)n(Cc3ccccc3)c2C)ccc1OC. The van der Waals surface area contributed by atoms with E-state index in [1.54, 1.807) is 13.3 Å². The topological polar surface area (TPSA) is 80.7 Å². The number of methoxy groups -OCH3 is 2. The summed E-state index contributed by atoms with van der Waals surface area (Å²) in [4.78, 5) is 19.2. The highest BCUT2D eigenvalue weighted by Crippen LogP contribution is 2.44. The summed E-state index contributed by atoms with van der Waals surface area (Å²) in [6.45, 7) is 5.01. The number of aryl methyl sites for hydroxylation is 1. The lowest BCUT2D eigenvalue weighted by Gasteiger charge is -2.29. The second kappa shape index (κ2) is 11.9. The predicted octanol–water partition coefficient (Wildman–Crippen LogP) is 5.32. The van der Waals surface area contributed by atoms with Gasteiger partial charge < -0.3 is 29.6 Å². The second-order valence-corrected chi connectivity index (χ2v) is 10.1. The molecule has 0 aliphatic carbocycles. The maximum Gasteiger partial charge on any atom is 0.250 e. The molecule has 4 aromatic rings. The number of thiocarbonyl (C=S) groups is 1. The van der Waals surface area contributed by atoms with Crippen LogP contribution in [0.1, 0.15) is 40.3 Å². The van der Waals surface area contributed by atoms with Gasteiger partial charge >= 0.3 is 0 Å². The molecule has 1 saturated heterocycles. The van der Waals surface area contributed by atoms with E-state index in [9.17, 15) is 4.79 Å². The van der Waals surface area contributed by atoms with Crippen LogP contribution in [0.25, 0.3) is 0 Å². The molecule has 8 nitrogen and oxygen atoms in total. The van der Waals surface area contributed by atoms with Crippen LogP contribution in [0.2, 0.25) is 0 Å². The Labute approximate surface area is 239 Å². The summed E-state index contributed by atoms with van der Waals surface area (Å²) in [5.74, 6) is 0.276. The molecule has 2 aromatic heterocycles. The van der Waals surface area contributed by atoms with E-state index in [1.165, 1.54) is 12.7 Å². The quantitative estimate of drug-likeness (QED) is 0.271. The van der Waals surface area contributed by atoms with Crippen LogP contribution in [0.15, 0.2) is 79.0 Å². The van der Waals surface area contributed by atoms with Crippen molar-refractivity contribution in [3.8, 4) is 5.75 Å². The zero-order valence-corrected chi connectivity index (χ0v) is 23.9. The second-order valence-electron chi connectivity index (χ2n) is 9.76. The van der Waals surface area contributed by atoms with Crippen molar-refractivity contribution in [2.24, 2.45) is 0 Å². The first kappa shape index (κ1) is 27.4. The Kier molecular flexibility index (Phi) is 8.14. The summed E-state index contributed by atoms with van der Waals surface area (Å²) in [6.07, 6.45) is 1.80. The molecule has 0 radical (unpaired) electrons. The Morgan fingerprint density at radius 2 is 1.82 bits per heavy atom. The number of benzene rings is 2. The molecule has 0 unspecified atom stereocenters. The van der Waals surface area contributed by atoms with Gasteiger partial charge in [-0.05, 0) is 73.6 Å². The molecule has 3 heterocycles. The van der Waals surface area contributed by atoms with Gasteiger partial charge in [0.15, 0.2) is 5.11 Å². The molecule has 1 fully saturated rings. The minimum Gasteiger partial charge on any atom is -0.495 e. The zero-order chi connectivity index (χ0) is 28.2. The predicted molar refractivity (Wildman–Crippen MR) is 161 cm³/mol. The van der Waals surface area contributed by atoms with Gasteiger partial charge in [-0.3, -0.25) is 9.78 Å². The van der Waals surface area contributed by atoms with Crippen molar-refractivity contribution >= 4 is 34.6 Å². The number of anilines is 2. The molecular formula is C31H33N5O3S. The number of hydrogen-bond acceptors (Lipinski definition) is 5. The maximum absolute atomic E-state index is 12.4. The third-order valence-corrected chi connectivity index (χ3v) is 7.54. The molecule has 0 saturated carbocycles. The first-order valence-corrected chi connectivity index (χ1v) is 13.5. The normalized spacial score (nSPS) is 16.6. The Morgan fingerprint density at radius 3 is 2.52 bits per heavy atom. The standard InChI is InChI=1S/C31H33N5O3S/c1-20-16-24(21(2)35(20)18-22-10-6-5-7-11-22)30-29(25-12-8-9-15-32-25)34-31(40)36(30)23-13-14-27(39-4)26(17-23)33-28(37)19-38-3/h5-17,29-30H,18-19H2,1-4H3,(H,33,37)(H,34,40)/t29-,30+/m1/s1. The average Bonchev–Trinajstić information content (AvgIpc) is 3.45. The van der Waals surface area contributed by atoms with Gasteiger partial charge in [-0.1, -0.05) is 36.4 Å². The molecule has 0 spiro atoms. The van der Waals surface area contributed by atoms with Gasteiger partial charge in [0.25, 0.3) is 0 Å². The number of nitrogens with one attached hydrogen (secondary N) is 2. The van der Waals surface area contributed by atoms with Gasteiger partial charge in [0.2, 0.25) is 5.91 Å².